The van der Waals surface area contributed by atoms with E-state index in [-0.39, 0.29) is 29.1 Å². The van der Waals surface area contributed by atoms with Gasteiger partial charge >= 0.3 is 0 Å². The second-order valence-corrected chi connectivity index (χ2v) is 6.84. The van der Waals surface area contributed by atoms with Crippen LogP contribution in [0.3, 0.4) is 0 Å². The van der Waals surface area contributed by atoms with Gasteiger partial charge in [0, 0.05) is 17.4 Å². The highest BCUT2D eigenvalue weighted by atomic mass is 35.5. The van der Waals surface area contributed by atoms with Gasteiger partial charge in [0.25, 0.3) is 5.91 Å². The smallest absolute Gasteiger partial charge is 0.253 e. The molecule has 1 aromatic heterocycles. The number of hydrogen-bond acceptors (Lipinski definition) is 3. The van der Waals surface area contributed by atoms with Crippen LogP contribution in [0.4, 0.5) is 0 Å². The first-order chi connectivity index (χ1) is 13.5. The highest BCUT2D eigenvalue weighted by molar-refractivity contribution is 6.36. The molecule has 28 heavy (non-hydrogen) atoms. The van der Waals surface area contributed by atoms with E-state index in [2.05, 4.69) is 15.6 Å². The van der Waals surface area contributed by atoms with Crippen molar-refractivity contribution in [3.8, 4) is 0 Å². The Morgan fingerprint density at radius 1 is 0.929 bits per heavy atom. The van der Waals surface area contributed by atoms with Crippen LogP contribution in [0.25, 0.3) is 0 Å². The number of halogens is 2. The third-order valence-electron chi connectivity index (χ3n) is 4.06. The minimum atomic E-state index is -0.447. The zero-order valence-corrected chi connectivity index (χ0v) is 16.2. The second kappa shape index (κ2) is 9.35. The van der Waals surface area contributed by atoms with Gasteiger partial charge in [-0.05, 0) is 41.5 Å². The minimum absolute atomic E-state index is 0.188. The Morgan fingerprint density at radius 2 is 1.61 bits per heavy atom. The number of amides is 2. The number of carbonyl (C=O) groups is 2. The van der Waals surface area contributed by atoms with E-state index in [1.807, 2.05) is 42.5 Å². The summed E-state index contributed by atoms with van der Waals surface area (Å²) in [4.78, 5) is 28.8. The Hall–Kier alpha value is -2.89. The summed E-state index contributed by atoms with van der Waals surface area (Å²) >= 11 is 11.9. The van der Waals surface area contributed by atoms with Crippen LogP contribution in [0, 0.1) is 0 Å². The Morgan fingerprint density at radius 3 is 2.29 bits per heavy atom. The fraction of sp³-hybridized carbons (Fsp3) is 0.0952. The standard InChI is InChI=1S/C21H17Cl2N3O2/c22-16-6-7-17(18(23)12-16)21(28)25-13-19(27)26-20(14-4-2-1-3-5-14)15-8-10-24-11-9-15/h1-12,20H,13H2,(H,25,28)(H,26,27). The van der Waals surface area contributed by atoms with Crippen molar-refractivity contribution in [3.05, 3.63) is 99.8 Å². The van der Waals surface area contributed by atoms with Crippen molar-refractivity contribution >= 4 is 35.0 Å². The van der Waals surface area contributed by atoms with Gasteiger partial charge in [0.1, 0.15) is 0 Å². The van der Waals surface area contributed by atoms with Gasteiger partial charge in [0.2, 0.25) is 5.91 Å². The number of aromatic nitrogens is 1. The molecule has 0 spiro atoms. The summed E-state index contributed by atoms with van der Waals surface area (Å²) < 4.78 is 0. The predicted molar refractivity (Wildman–Crippen MR) is 109 cm³/mol. The van der Waals surface area contributed by atoms with E-state index in [1.165, 1.54) is 12.1 Å². The van der Waals surface area contributed by atoms with E-state index in [0.717, 1.165) is 11.1 Å². The van der Waals surface area contributed by atoms with Gasteiger partial charge in [0.15, 0.2) is 0 Å². The lowest BCUT2D eigenvalue weighted by molar-refractivity contribution is -0.120. The van der Waals surface area contributed by atoms with Crippen LogP contribution in [-0.2, 0) is 4.79 Å². The average molecular weight is 414 g/mol. The Bertz CT molecular complexity index is 926. The third kappa shape index (κ3) is 5.09. The van der Waals surface area contributed by atoms with Crippen LogP contribution in [0.1, 0.15) is 27.5 Å². The van der Waals surface area contributed by atoms with Crippen LogP contribution < -0.4 is 10.6 Å². The topological polar surface area (TPSA) is 71.1 Å². The van der Waals surface area contributed by atoms with Gasteiger partial charge in [-0.1, -0.05) is 53.5 Å². The summed E-state index contributed by atoms with van der Waals surface area (Å²) in [6.45, 7) is -0.188. The van der Waals surface area contributed by atoms with Gasteiger partial charge in [-0.2, -0.15) is 0 Å². The number of pyridine rings is 1. The number of carbonyl (C=O) groups excluding carboxylic acids is 2. The predicted octanol–water partition coefficient (Wildman–Crippen LogP) is 4.02. The molecule has 1 atom stereocenters. The number of benzene rings is 2. The van der Waals surface area contributed by atoms with Crippen LogP contribution in [0.5, 0.6) is 0 Å². The molecule has 7 heteroatoms. The summed E-state index contributed by atoms with van der Waals surface area (Å²) in [5.74, 6) is -0.777. The zero-order valence-electron chi connectivity index (χ0n) is 14.7. The summed E-state index contributed by atoms with van der Waals surface area (Å²) in [6, 6.07) is 17.5. The second-order valence-electron chi connectivity index (χ2n) is 6.00. The van der Waals surface area contributed by atoms with Crippen LogP contribution >= 0.6 is 23.2 Å². The first kappa shape index (κ1) is 19.9. The van der Waals surface area contributed by atoms with Gasteiger partial charge in [-0.3, -0.25) is 14.6 Å². The van der Waals surface area contributed by atoms with Crippen molar-refractivity contribution in [1.29, 1.82) is 0 Å². The lowest BCUT2D eigenvalue weighted by Crippen LogP contribution is -2.39. The fourth-order valence-electron chi connectivity index (χ4n) is 2.70. The van der Waals surface area contributed by atoms with E-state index in [0.29, 0.717) is 5.02 Å². The fourth-order valence-corrected chi connectivity index (χ4v) is 3.20. The van der Waals surface area contributed by atoms with E-state index < -0.39 is 5.91 Å². The maximum Gasteiger partial charge on any atom is 0.253 e. The molecule has 2 amide bonds. The molecule has 5 nitrogen and oxygen atoms in total. The molecule has 0 saturated carbocycles. The zero-order chi connectivity index (χ0) is 19.9. The molecular formula is C21H17Cl2N3O2. The molecule has 0 aliphatic rings. The number of hydrogen-bond donors (Lipinski definition) is 2. The molecule has 3 rings (SSSR count). The molecule has 0 aliphatic carbocycles. The van der Waals surface area contributed by atoms with Crippen molar-refractivity contribution in [3.63, 3.8) is 0 Å². The van der Waals surface area contributed by atoms with E-state index in [1.54, 1.807) is 18.5 Å². The molecule has 0 aliphatic heterocycles. The van der Waals surface area contributed by atoms with Gasteiger partial charge in [-0.15, -0.1) is 0 Å². The molecule has 2 aromatic carbocycles. The van der Waals surface area contributed by atoms with Crippen molar-refractivity contribution < 1.29 is 9.59 Å². The molecule has 0 saturated heterocycles. The molecule has 3 aromatic rings. The molecule has 142 valence electrons. The quantitative estimate of drug-likeness (QED) is 0.640. The minimum Gasteiger partial charge on any atom is -0.344 e. The monoisotopic (exact) mass is 413 g/mol. The third-order valence-corrected chi connectivity index (χ3v) is 4.61. The van der Waals surface area contributed by atoms with E-state index in [4.69, 9.17) is 23.2 Å². The highest BCUT2D eigenvalue weighted by Crippen LogP contribution is 2.22. The molecule has 0 fully saturated rings. The normalized spacial score (nSPS) is 11.5. The van der Waals surface area contributed by atoms with Crippen LogP contribution in [0.2, 0.25) is 10.0 Å². The number of rotatable bonds is 6. The Labute approximate surface area is 172 Å². The van der Waals surface area contributed by atoms with Crippen molar-refractivity contribution in [1.82, 2.24) is 15.6 Å². The SMILES string of the molecule is O=C(CNC(=O)c1ccc(Cl)cc1Cl)NC(c1ccccc1)c1ccncc1. The highest BCUT2D eigenvalue weighted by Gasteiger charge is 2.18. The largest absolute Gasteiger partial charge is 0.344 e. The van der Waals surface area contributed by atoms with Crippen LogP contribution in [-0.4, -0.2) is 23.3 Å². The van der Waals surface area contributed by atoms with Crippen LogP contribution in [0.15, 0.2) is 73.1 Å². The molecule has 0 bridgehead atoms. The summed E-state index contributed by atoms with van der Waals surface area (Å²) in [5, 5.41) is 6.18. The van der Waals surface area contributed by atoms with Gasteiger partial charge in [-0.25, -0.2) is 0 Å². The first-order valence-corrected chi connectivity index (χ1v) is 9.27. The van der Waals surface area contributed by atoms with E-state index >= 15 is 0 Å². The van der Waals surface area contributed by atoms with Gasteiger partial charge in [0.05, 0.1) is 23.2 Å². The first-order valence-electron chi connectivity index (χ1n) is 8.52. The molecule has 0 radical (unpaired) electrons. The lowest BCUT2D eigenvalue weighted by atomic mass is 10.00. The number of nitrogens with one attached hydrogen (secondary N) is 2. The Kier molecular flexibility index (Phi) is 6.63. The maximum absolute atomic E-state index is 12.5. The summed E-state index contributed by atoms with van der Waals surface area (Å²) in [7, 11) is 0. The molecule has 1 unspecified atom stereocenters. The summed E-state index contributed by atoms with van der Waals surface area (Å²) in [5.41, 5.74) is 2.07. The Balaban J connectivity index is 1.68. The molecular weight excluding hydrogens is 397 g/mol. The molecule has 1 heterocycles. The number of nitrogens with zero attached hydrogens (tertiary/aromatic N) is 1. The summed E-state index contributed by atoms with van der Waals surface area (Å²) in [6.07, 6.45) is 3.34. The van der Waals surface area contributed by atoms with Gasteiger partial charge < -0.3 is 10.6 Å². The van der Waals surface area contributed by atoms with Crippen molar-refractivity contribution in [2.75, 3.05) is 6.54 Å². The molecule has 2 N–H and O–H groups in total. The van der Waals surface area contributed by atoms with E-state index in [9.17, 15) is 9.59 Å². The van der Waals surface area contributed by atoms with Crippen molar-refractivity contribution in [2.45, 2.75) is 6.04 Å². The lowest BCUT2D eigenvalue weighted by Gasteiger charge is -2.20. The average Bonchev–Trinajstić information content (AvgIpc) is 2.71. The maximum atomic E-state index is 12.5. The van der Waals surface area contributed by atoms with Crippen molar-refractivity contribution in [2.24, 2.45) is 0 Å².